The molecular weight excluding hydrogens is 323 g/mol. The SMILES string of the molecule is CC(=O)C1=C(c2ccc(C)cc2)NC(=S)N[C@H]1c1cccc(F)c1. The molecule has 3 rings (SSSR count). The fraction of sp³-hybridized carbons (Fsp3) is 0.158. The van der Waals surface area contributed by atoms with Crippen LogP contribution in [-0.4, -0.2) is 10.9 Å². The van der Waals surface area contributed by atoms with Crippen LogP contribution < -0.4 is 10.6 Å². The molecule has 2 N–H and O–H groups in total. The molecule has 0 aliphatic carbocycles. The third-order valence-corrected chi connectivity index (χ3v) is 4.19. The Balaban J connectivity index is 2.18. The molecule has 0 bridgehead atoms. The van der Waals surface area contributed by atoms with Crippen molar-refractivity contribution >= 4 is 28.8 Å². The summed E-state index contributed by atoms with van der Waals surface area (Å²) < 4.78 is 13.6. The van der Waals surface area contributed by atoms with Gasteiger partial charge in [-0.15, -0.1) is 0 Å². The fourth-order valence-corrected chi connectivity index (χ4v) is 3.05. The molecular formula is C19H17FN2OS. The summed E-state index contributed by atoms with van der Waals surface area (Å²) in [5.74, 6) is -0.444. The number of nitrogens with one attached hydrogen (secondary N) is 2. The summed E-state index contributed by atoms with van der Waals surface area (Å²) in [6, 6.07) is 13.6. The van der Waals surface area contributed by atoms with Crippen LogP contribution in [0.5, 0.6) is 0 Å². The van der Waals surface area contributed by atoms with Crippen LogP contribution in [0.3, 0.4) is 0 Å². The monoisotopic (exact) mass is 340 g/mol. The van der Waals surface area contributed by atoms with Crippen molar-refractivity contribution in [3.8, 4) is 0 Å². The number of carbonyl (C=O) groups excluding carboxylic acids is 1. The number of halogens is 1. The molecule has 2 aromatic rings. The van der Waals surface area contributed by atoms with E-state index in [9.17, 15) is 9.18 Å². The van der Waals surface area contributed by atoms with Crippen LogP contribution in [0.15, 0.2) is 54.1 Å². The predicted molar refractivity (Wildman–Crippen MR) is 96.8 cm³/mol. The predicted octanol–water partition coefficient (Wildman–Crippen LogP) is 3.65. The van der Waals surface area contributed by atoms with E-state index in [2.05, 4.69) is 10.6 Å². The molecule has 1 heterocycles. The number of rotatable bonds is 3. The van der Waals surface area contributed by atoms with E-state index in [0.29, 0.717) is 21.9 Å². The zero-order valence-corrected chi connectivity index (χ0v) is 14.2. The summed E-state index contributed by atoms with van der Waals surface area (Å²) in [4.78, 5) is 12.3. The molecule has 24 heavy (non-hydrogen) atoms. The molecule has 5 heteroatoms. The van der Waals surface area contributed by atoms with Gasteiger partial charge in [-0.2, -0.15) is 0 Å². The molecule has 0 amide bonds. The molecule has 122 valence electrons. The van der Waals surface area contributed by atoms with Gasteiger partial charge in [0.15, 0.2) is 10.9 Å². The smallest absolute Gasteiger partial charge is 0.171 e. The zero-order chi connectivity index (χ0) is 17.3. The van der Waals surface area contributed by atoms with Crippen molar-refractivity contribution in [2.24, 2.45) is 0 Å². The Morgan fingerprint density at radius 2 is 1.88 bits per heavy atom. The van der Waals surface area contributed by atoms with Crippen molar-refractivity contribution in [3.63, 3.8) is 0 Å². The maximum Gasteiger partial charge on any atom is 0.171 e. The normalized spacial score (nSPS) is 17.3. The van der Waals surface area contributed by atoms with Gasteiger partial charge >= 0.3 is 0 Å². The summed E-state index contributed by atoms with van der Waals surface area (Å²) in [5.41, 5.74) is 3.87. The molecule has 0 saturated carbocycles. The van der Waals surface area contributed by atoms with Gasteiger partial charge in [-0.25, -0.2) is 4.39 Å². The lowest BCUT2D eigenvalue weighted by Crippen LogP contribution is -2.44. The Hall–Kier alpha value is -2.53. The average Bonchev–Trinajstić information content (AvgIpc) is 2.54. The Morgan fingerprint density at radius 1 is 1.17 bits per heavy atom. The first-order chi connectivity index (χ1) is 11.5. The van der Waals surface area contributed by atoms with Crippen molar-refractivity contribution in [2.75, 3.05) is 0 Å². The number of ketones is 1. The van der Waals surface area contributed by atoms with Crippen LogP contribution in [0.25, 0.3) is 5.70 Å². The lowest BCUT2D eigenvalue weighted by Gasteiger charge is -2.31. The highest BCUT2D eigenvalue weighted by Gasteiger charge is 2.30. The Bertz CT molecular complexity index is 843. The summed E-state index contributed by atoms with van der Waals surface area (Å²) >= 11 is 5.30. The lowest BCUT2D eigenvalue weighted by molar-refractivity contribution is -0.113. The van der Waals surface area contributed by atoms with Crippen molar-refractivity contribution < 1.29 is 9.18 Å². The van der Waals surface area contributed by atoms with Crippen LogP contribution in [-0.2, 0) is 4.79 Å². The minimum Gasteiger partial charge on any atom is -0.351 e. The molecule has 1 aliphatic heterocycles. The van der Waals surface area contributed by atoms with Crippen LogP contribution in [0, 0.1) is 12.7 Å². The van der Waals surface area contributed by atoms with Crippen molar-refractivity contribution in [2.45, 2.75) is 19.9 Å². The fourth-order valence-electron chi connectivity index (χ4n) is 2.83. The number of aryl methyl sites for hydroxylation is 1. The van der Waals surface area contributed by atoms with Crippen molar-refractivity contribution in [1.29, 1.82) is 0 Å². The molecule has 3 nitrogen and oxygen atoms in total. The van der Waals surface area contributed by atoms with Gasteiger partial charge in [-0.05, 0) is 49.3 Å². The van der Waals surface area contributed by atoms with Gasteiger partial charge in [0.25, 0.3) is 0 Å². The lowest BCUT2D eigenvalue weighted by atomic mass is 9.90. The summed E-state index contributed by atoms with van der Waals surface area (Å²) in [7, 11) is 0. The molecule has 0 unspecified atom stereocenters. The first-order valence-electron chi connectivity index (χ1n) is 7.61. The van der Waals surface area contributed by atoms with Crippen LogP contribution >= 0.6 is 12.2 Å². The highest BCUT2D eigenvalue weighted by Crippen LogP contribution is 2.32. The van der Waals surface area contributed by atoms with Gasteiger partial charge < -0.3 is 10.6 Å². The van der Waals surface area contributed by atoms with Crippen molar-refractivity contribution in [3.05, 3.63) is 76.6 Å². The second kappa shape index (κ2) is 6.53. The molecule has 2 aromatic carbocycles. The minimum absolute atomic E-state index is 0.0951. The van der Waals surface area contributed by atoms with E-state index in [1.807, 2.05) is 31.2 Å². The Morgan fingerprint density at radius 3 is 2.50 bits per heavy atom. The summed E-state index contributed by atoms with van der Waals surface area (Å²) in [5, 5.41) is 6.57. The third-order valence-electron chi connectivity index (χ3n) is 3.97. The van der Waals surface area contributed by atoms with E-state index in [1.54, 1.807) is 12.1 Å². The number of hydrogen-bond acceptors (Lipinski definition) is 2. The highest BCUT2D eigenvalue weighted by atomic mass is 32.1. The van der Waals surface area contributed by atoms with E-state index >= 15 is 0 Å². The van der Waals surface area contributed by atoms with Crippen LogP contribution in [0.4, 0.5) is 4.39 Å². The van der Waals surface area contributed by atoms with Gasteiger partial charge in [0.1, 0.15) is 5.82 Å². The van der Waals surface area contributed by atoms with E-state index in [-0.39, 0.29) is 11.6 Å². The third kappa shape index (κ3) is 3.21. The topological polar surface area (TPSA) is 41.1 Å². The maximum absolute atomic E-state index is 13.6. The van der Waals surface area contributed by atoms with E-state index in [1.165, 1.54) is 19.1 Å². The largest absolute Gasteiger partial charge is 0.351 e. The number of hydrogen-bond donors (Lipinski definition) is 2. The molecule has 1 aliphatic rings. The summed E-state index contributed by atoms with van der Waals surface area (Å²) in [6.45, 7) is 3.51. The van der Waals surface area contributed by atoms with Crippen LogP contribution in [0.1, 0.15) is 29.7 Å². The van der Waals surface area contributed by atoms with Crippen LogP contribution in [0.2, 0.25) is 0 Å². The number of carbonyl (C=O) groups is 1. The molecule has 0 fully saturated rings. The molecule has 1 atom stereocenters. The van der Waals surface area contributed by atoms with Gasteiger partial charge in [0.2, 0.25) is 0 Å². The first-order valence-corrected chi connectivity index (χ1v) is 8.01. The maximum atomic E-state index is 13.6. The van der Waals surface area contributed by atoms with Gasteiger partial charge in [0, 0.05) is 5.57 Å². The minimum atomic E-state index is -0.483. The van der Waals surface area contributed by atoms with Gasteiger partial charge in [-0.1, -0.05) is 42.0 Å². The van der Waals surface area contributed by atoms with Crippen molar-refractivity contribution in [1.82, 2.24) is 10.6 Å². The Labute approximate surface area is 145 Å². The number of benzene rings is 2. The van der Waals surface area contributed by atoms with Gasteiger partial charge in [-0.3, -0.25) is 4.79 Å². The second-order valence-corrected chi connectivity index (χ2v) is 6.21. The van der Waals surface area contributed by atoms with Gasteiger partial charge in [0.05, 0.1) is 11.7 Å². The second-order valence-electron chi connectivity index (χ2n) is 5.80. The summed E-state index contributed by atoms with van der Waals surface area (Å²) in [6.07, 6.45) is 0. The number of thiocarbonyl (C=S) groups is 1. The van der Waals surface area contributed by atoms with E-state index in [0.717, 1.165) is 11.1 Å². The first kappa shape index (κ1) is 16.3. The molecule has 0 aromatic heterocycles. The molecule has 0 spiro atoms. The quantitative estimate of drug-likeness (QED) is 0.837. The Kier molecular flexibility index (Phi) is 4.44. The standard InChI is InChI=1S/C19H17FN2OS/c1-11-6-8-13(9-7-11)17-16(12(2)23)18(22-19(24)21-17)14-4-3-5-15(20)10-14/h3-10,18H,1-2H3,(H2,21,22,24)/t18-/m0/s1. The van der Waals surface area contributed by atoms with E-state index < -0.39 is 6.04 Å². The zero-order valence-electron chi connectivity index (χ0n) is 13.4. The average molecular weight is 340 g/mol. The molecule has 0 saturated heterocycles. The molecule has 0 radical (unpaired) electrons. The van der Waals surface area contributed by atoms with E-state index in [4.69, 9.17) is 12.2 Å². The highest BCUT2D eigenvalue weighted by molar-refractivity contribution is 7.80. The number of Topliss-reactive ketones (excluding diaryl/α,β-unsaturated/α-hetero) is 1.